The van der Waals surface area contributed by atoms with E-state index >= 15 is 0 Å². The van der Waals surface area contributed by atoms with Gasteiger partial charge in [-0.3, -0.25) is 4.90 Å². The molecule has 20 heavy (non-hydrogen) atoms. The largest absolute Gasteiger partial charge is 0.395 e. The Labute approximate surface area is 120 Å². The van der Waals surface area contributed by atoms with Crippen LogP contribution in [0.15, 0.2) is 12.3 Å². The Morgan fingerprint density at radius 3 is 3.05 bits per heavy atom. The molecule has 0 amide bonds. The lowest BCUT2D eigenvalue weighted by Gasteiger charge is -2.48. The third-order valence-corrected chi connectivity index (χ3v) is 4.55. The first-order valence-electron chi connectivity index (χ1n) is 7.36. The van der Waals surface area contributed by atoms with Crippen LogP contribution in [0.25, 0.3) is 0 Å². The van der Waals surface area contributed by atoms with Crippen molar-refractivity contribution in [2.45, 2.75) is 38.3 Å². The number of piperazine rings is 1. The first-order chi connectivity index (χ1) is 9.70. The molecule has 1 aromatic heterocycles. The van der Waals surface area contributed by atoms with Crippen molar-refractivity contribution >= 4 is 11.5 Å². The molecule has 0 aliphatic carbocycles. The molecule has 1 aromatic rings. The normalized spacial score (nSPS) is 26.9. The molecule has 0 saturated carbocycles. The smallest absolute Gasteiger partial charge is 0.153 e. The number of piperidine rings is 1. The van der Waals surface area contributed by atoms with Crippen molar-refractivity contribution in [3.05, 3.63) is 17.8 Å². The van der Waals surface area contributed by atoms with Crippen LogP contribution in [0.3, 0.4) is 0 Å². The highest BCUT2D eigenvalue weighted by molar-refractivity contribution is 5.70. The minimum absolute atomic E-state index is 0.382. The van der Waals surface area contributed by atoms with Gasteiger partial charge in [0.05, 0.1) is 11.3 Å². The van der Waals surface area contributed by atoms with Crippen LogP contribution in [-0.4, -0.2) is 41.6 Å². The summed E-state index contributed by atoms with van der Waals surface area (Å²) < 4.78 is 0. The Kier molecular flexibility index (Phi) is 3.49. The highest BCUT2D eigenvalue weighted by Crippen LogP contribution is 2.31. The topological polar surface area (TPSA) is 69.2 Å². The van der Waals surface area contributed by atoms with E-state index in [-0.39, 0.29) is 0 Å². The van der Waals surface area contributed by atoms with Gasteiger partial charge in [-0.05, 0) is 32.4 Å². The number of aromatic nitrogens is 1. The lowest BCUT2D eigenvalue weighted by Crippen LogP contribution is -2.59. The van der Waals surface area contributed by atoms with Crippen LogP contribution in [0.4, 0.5) is 11.5 Å². The van der Waals surface area contributed by atoms with E-state index in [1.807, 2.05) is 0 Å². The molecule has 5 heteroatoms. The fraction of sp³-hybridized carbons (Fsp3) is 0.600. The summed E-state index contributed by atoms with van der Waals surface area (Å²) in [6, 6.07) is 4.81. The van der Waals surface area contributed by atoms with E-state index in [1.165, 1.54) is 25.8 Å². The minimum Gasteiger partial charge on any atom is -0.395 e. The summed E-state index contributed by atoms with van der Waals surface area (Å²) in [6.45, 7) is 5.45. The van der Waals surface area contributed by atoms with Crippen LogP contribution in [0.2, 0.25) is 0 Å². The lowest BCUT2D eigenvalue weighted by molar-refractivity contribution is 0.115. The third kappa shape index (κ3) is 2.20. The number of nitrogen functional groups attached to an aromatic ring is 1. The molecule has 106 valence electrons. The van der Waals surface area contributed by atoms with Crippen molar-refractivity contribution in [2.75, 3.05) is 30.3 Å². The minimum atomic E-state index is 0.382. The molecule has 2 aliphatic rings. The average molecular weight is 271 g/mol. The average Bonchev–Trinajstić information content (AvgIpc) is 2.47. The molecule has 3 heterocycles. The maximum atomic E-state index is 9.11. The van der Waals surface area contributed by atoms with Gasteiger partial charge in [0.15, 0.2) is 5.82 Å². The summed E-state index contributed by atoms with van der Waals surface area (Å²) in [7, 11) is 0. The van der Waals surface area contributed by atoms with Gasteiger partial charge in [0, 0.05) is 31.4 Å². The number of anilines is 2. The van der Waals surface area contributed by atoms with Crippen molar-refractivity contribution in [3.8, 4) is 6.07 Å². The van der Waals surface area contributed by atoms with Gasteiger partial charge >= 0.3 is 0 Å². The molecule has 0 aromatic carbocycles. The number of nitriles is 1. The van der Waals surface area contributed by atoms with Crippen molar-refractivity contribution in [1.29, 1.82) is 5.26 Å². The molecule has 2 unspecified atom stereocenters. The molecule has 0 bridgehead atoms. The highest BCUT2D eigenvalue weighted by atomic mass is 15.3. The number of nitrogens with zero attached hydrogens (tertiary/aromatic N) is 4. The maximum Gasteiger partial charge on any atom is 0.153 e. The first kappa shape index (κ1) is 13.2. The molecule has 2 atom stereocenters. The Hall–Kier alpha value is -1.80. The fourth-order valence-electron chi connectivity index (χ4n) is 3.44. The number of hydrogen-bond acceptors (Lipinski definition) is 5. The van der Waals surface area contributed by atoms with Gasteiger partial charge < -0.3 is 10.6 Å². The third-order valence-electron chi connectivity index (χ3n) is 4.55. The summed E-state index contributed by atoms with van der Waals surface area (Å²) in [5.41, 5.74) is 7.16. The molecule has 2 N–H and O–H groups in total. The molecule has 2 fully saturated rings. The quantitative estimate of drug-likeness (QED) is 0.840. The zero-order chi connectivity index (χ0) is 14.1. The van der Waals surface area contributed by atoms with Crippen LogP contribution >= 0.6 is 0 Å². The van der Waals surface area contributed by atoms with Crippen LogP contribution in [0.1, 0.15) is 31.7 Å². The van der Waals surface area contributed by atoms with E-state index in [0.717, 1.165) is 18.9 Å². The zero-order valence-electron chi connectivity index (χ0n) is 11.9. The van der Waals surface area contributed by atoms with E-state index in [4.69, 9.17) is 11.0 Å². The number of hydrogen-bond donors (Lipinski definition) is 1. The fourth-order valence-corrected chi connectivity index (χ4v) is 3.44. The van der Waals surface area contributed by atoms with Gasteiger partial charge in [-0.25, -0.2) is 4.98 Å². The maximum absolute atomic E-state index is 9.11. The summed E-state index contributed by atoms with van der Waals surface area (Å²) in [4.78, 5) is 9.30. The molecule has 0 spiro atoms. The van der Waals surface area contributed by atoms with Gasteiger partial charge in [-0.1, -0.05) is 6.42 Å². The summed E-state index contributed by atoms with van der Waals surface area (Å²) >= 11 is 0. The van der Waals surface area contributed by atoms with Gasteiger partial charge in [0.25, 0.3) is 0 Å². The molecule has 3 rings (SSSR count). The van der Waals surface area contributed by atoms with Crippen LogP contribution in [0.5, 0.6) is 0 Å². The molecular weight excluding hydrogens is 250 g/mol. The molecular formula is C15H21N5. The molecule has 2 aliphatic heterocycles. The second-order valence-electron chi connectivity index (χ2n) is 5.85. The zero-order valence-corrected chi connectivity index (χ0v) is 11.9. The molecule has 5 nitrogen and oxygen atoms in total. The standard InChI is InChI=1S/C15H21N5/c1-11-9-19-7-3-2-4-13(19)10-20(11)15-14(17)12(8-16)5-6-18-15/h5-6,11,13H,2-4,7,9-10,17H2,1H3. The predicted molar refractivity (Wildman–Crippen MR) is 79.4 cm³/mol. The number of nitrogens with two attached hydrogens (primary N) is 1. The second-order valence-corrected chi connectivity index (χ2v) is 5.85. The number of fused-ring (bicyclic) bond motifs is 1. The Morgan fingerprint density at radius 2 is 2.25 bits per heavy atom. The van der Waals surface area contributed by atoms with E-state index in [2.05, 4.69) is 27.8 Å². The van der Waals surface area contributed by atoms with E-state index < -0.39 is 0 Å². The van der Waals surface area contributed by atoms with Gasteiger partial charge in [-0.2, -0.15) is 5.26 Å². The van der Waals surface area contributed by atoms with Crippen molar-refractivity contribution < 1.29 is 0 Å². The van der Waals surface area contributed by atoms with Gasteiger partial charge in [-0.15, -0.1) is 0 Å². The molecule has 0 radical (unpaired) electrons. The summed E-state index contributed by atoms with van der Waals surface area (Å²) in [5.74, 6) is 0.779. The first-order valence-corrected chi connectivity index (χ1v) is 7.36. The Bertz CT molecular complexity index is 536. The number of pyridine rings is 1. The van der Waals surface area contributed by atoms with Crippen LogP contribution in [0, 0.1) is 11.3 Å². The predicted octanol–water partition coefficient (Wildman–Crippen LogP) is 1.60. The van der Waals surface area contributed by atoms with Gasteiger partial charge in [0.1, 0.15) is 6.07 Å². The van der Waals surface area contributed by atoms with Crippen molar-refractivity contribution in [1.82, 2.24) is 9.88 Å². The summed E-state index contributed by atoms with van der Waals surface area (Å²) in [6.07, 6.45) is 5.56. The second kappa shape index (κ2) is 5.29. The summed E-state index contributed by atoms with van der Waals surface area (Å²) in [5, 5.41) is 9.11. The Balaban J connectivity index is 1.88. The van der Waals surface area contributed by atoms with E-state index in [1.54, 1.807) is 12.3 Å². The van der Waals surface area contributed by atoms with E-state index in [0.29, 0.717) is 23.3 Å². The highest BCUT2D eigenvalue weighted by Gasteiger charge is 2.34. The van der Waals surface area contributed by atoms with Gasteiger partial charge in [0.2, 0.25) is 0 Å². The lowest BCUT2D eigenvalue weighted by atomic mass is 9.97. The van der Waals surface area contributed by atoms with Crippen LogP contribution in [-0.2, 0) is 0 Å². The monoisotopic (exact) mass is 271 g/mol. The molecule has 2 saturated heterocycles. The van der Waals surface area contributed by atoms with E-state index in [9.17, 15) is 0 Å². The van der Waals surface area contributed by atoms with Crippen molar-refractivity contribution in [3.63, 3.8) is 0 Å². The number of rotatable bonds is 1. The Morgan fingerprint density at radius 1 is 1.40 bits per heavy atom. The van der Waals surface area contributed by atoms with Crippen LogP contribution < -0.4 is 10.6 Å². The van der Waals surface area contributed by atoms with Crippen molar-refractivity contribution in [2.24, 2.45) is 0 Å². The SMILES string of the molecule is CC1CN2CCCCC2CN1c1nccc(C#N)c1N.